The molecule has 3 heterocycles. The number of nitrogens with zero attached hydrogens (tertiary/aromatic N) is 4. The number of fused-ring (bicyclic) bond motifs is 2. The van der Waals surface area contributed by atoms with E-state index in [1.54, 1.807) is 35.8 Å². The van der Waals surface area contributed by atoms with E-state index in [1.807, 2.05) is 68.9 Å². The summed E-state index contributed by atoms with van der Waals surface area (Å²) in [5.74, 6) is 1.01. The van der Waals surface area contributed by atoms with Gasteiger partial charge in [-0.2, -0.15) is 0 Å². The van der Waals surface area contributed by atoms with Crippen molar-refractivity contribution in [3.63, 3.8) is 0 Å². The van der Waals surface area contributed by atoms with Crippen molar-refractivity contribution in [2.75, 3.05) is 27.3 Å². The van der Waals surface area contributed by atoms with Gasteiger partial charge < -0.3 is 18.9 Å². The number of benzene rings is 2. The third kappa shape index (κ3) is 4.46. The van der Waals surface area contributed by atoms with Crippen molar-refractivity contribution in [1.82, 2.24) is 14.0 Å². The number of hydrogen-bond acceptors (Lipinski definition) is 6. The Hall–Kier alpha value is -4.11. The van der Waals surface area contributed by atoms with E-state index < -0.39 is 6.04 Å². The van der Waals surface area contributed by atoms with Gasteiger partial charge in [0.25, 0.3) is 11.5 Å². The van der Waals surface area contributed by atoms with E-state index in [9.17, 15) is 9.59 Å². The minimum Gasteiger partial charge on any atom is -0.497 e. The van der Waals surface area contributed by atoms with Gasteiger partial charge in [0.05, 0.1) is 30.0 Å². The first kappa shape index (κ1) is 26.5. The molecule has 4 aromatic rings. The summed E-state index contributed by atoms with van der Waals surface area (Å²) in [4.78, 5) is 35.1. The molecule has 0 fully saturated rings. The maximum atomic E-state index is 14.1. The Morgan fingerprint density at radius 2 is 1.87 bits per heavy atom. The summed E-state index contributed by atoms with van der Waals surface area (Å²) in [5.41, 5.74) is 3.52. The van der Waals surface area contributed by atoms with Crippen LogP contribution in [-0.4, -0.2) is 47.3 Å². The molecule has 9 heteroatoms. The fourth-order valence-electron chi connectivity index (χ4n) is 5.25. The lowest BCUT2D eigenvalue weighted by Crippen LogP contribution is -2.43. The van der Waals surface area contributed by atoms with Crippen LogP contribution in [0, 0.1) is 0 Å². The molecule has 1 aliphatic heterocycles. The number of allylic oxidation sites excluding steroid dienone is 1. The number of para-hydroxylation sites is 1. The van der Waals surface area contributed by atoms with Crippen LogP contribution in [0.1, 0.15) is 37.9 Å². The molecule has 0 saturated carbocycles. The zero-order chi connectivity index (χ0) is 27.8. The highest BCUT2D eigenvalue weighted by Crippen LogP contribution is 2.38. The van der Waals surface area contributed by atoms with Gasteiger partial charge in [-0.1, -0.05) is 29.5 Å². The largest absolute Gasteiger partial charge is 0.497 e. The Kier molecular flexibility index (Phi) is 7.18. The van der Waals surface area contributed by atoms with Crippen molar-refractivity contribution in [3.05, 3.63) is 90.7 Å². The van der Waals surface area contributed by atoms with E-state index in [1.165, 1.54) is 11.3 Å². The molecule has 0 N–H and O–H groups in total. The molecule has 202 valence electrons. The summed E-state index contributed by atoms with van der Waals surface area (Å²) in [5, 5.41) is 1.06. The lowest BCUT2D eigenvalue weighted by Gasteiger charge is -2.30. The Morgan fingerprint density at radius 3 is 2.56 bits per heavy atom. The van der Waals surface area contributed by atoms with Gasteiger partial charge in [-0.15, -0.1) is 0 Å². The van der Waals surface area contributed by atoms with Gasteiger partial charge in [-0.05, 0) is 51.1 Å². The summed E-state index contributed by atoms with van der Waals surface area (Å²) in [7, 11) is 5.16. The normalized spacial score (nSPS) is 15.3. The highest BCUT2D eigenvalue weighted by atomic mass is 32.1. The number of likely N-dealkylation sites (N-methyl/N-ethyl adjacent to an activating group) is 1. The van der Waals surface area contributed by atoms with Gasteiger partial charge in [-0.3, -0.25) is 14.2 Å². The van der Waals surface area contributed by atoms with Crippen LogP contribution in [-0.2, 0) is 11.8 Å². The van der Waals surface area contributed by atoms with Crippen LogP contribution < -0.4 is 24.4 Å². The number of carbonyl (C=O) groups is 1. The number of aromatic nitrogens is 2. The lowest BCUT2D eigenvalue weighted by atomic mass is 9.93. The molecule has 1 amide bonds. The lowest BCUT2D eigenvalue weighted by molar-refractivity contribution is -0.127. The Morgan fingerprint density at radius 1 is 1.13 bits per heavy atom. The molecule has 0 spiro atoms. The van der Waals surface area contributed by atoms with Crippen molar-refractivity contribution in [2.24, 2.45) is 12.0 Å². The van der Waals surface area contributed by atoms with Gasteiger partial charge in [0.1, 0.15) is 17.5 Å². The highest BCUT2D eigenvalue weighted by Gasteiger charge is 2.36. The second kappa shape index (κ2) is 10.6. The molecule has 0 radical (unpaired) electrons. The zero-order valence-corrected chi connectivity index (χ0v) is 23.8. The van der Waals surface area contributed by atoms with Crippen molar-refractivity contribution in [1.29, 1.82) is 0 Å². The molecule has 5 rings (SSSR count). The van der Waals surface area contributed by atoms with Crippen LogP contribution >= 0.6 is 11.3 Å². The first-order valence-corrected chi connectivity index (χ1v) is 13.7. The van der Waals surface area contributed by atoms with Crippen LogP contribution in [0.3, 0.4) is 0 Å². The Bertz CT molecular complexity index is 1790. The topological polar surface area (TPSA) is 78.1 Å². The molecule has 1 atom stereocenters. The first-order chi connectivity index (χ1) is 18.8. The van der Waals surface area contributed by atoms with Crippen molar-refractivity contribution >= 4 is 34.2 Å². The minimum absolute atomic E-state index is 0.153. The fourth-order valence-corrected chi connectivity index (χ4v) is 6.29. The quantitative estimate of drug-likeness (QED) is 0.356. The van der Waals surface area contributed by atoms with Crippen LogP contribution in [0.25, 0.3) is 17.0 Å². The molecule has 0 aliphatic carbocycles. The second-order valence-corrected chi connectivity index (χ2v) is 10.4. The van der Waals surface area contributed by atoms with Crippen LogP contribution in [0.15, 0.2) is 69.7 Å². The average Bonchev–Trinajstić information content (AvgIpc) is 3.43. The van der Waals surface area contributed by atoms with Crippen molar-refractivity contribution in [2.45, 2.75) is 26.8 Å². The summed E-state index contributed by atoms with van der Waals surface area (Å²) < 4.78 is 15.5. The molecule has 0 saturated heterocycles. The van der Waals surface area contributed by atoms with E-state index in [4.69, 9.17) is 14.5 Å². The van der Waals surface area contributed by atoms with Crippen LogP contribution in [0.4, 0.5) is 0 Å². The van der Waals surface area contributed by atoms with E-state index in [2.05, 4.69) is 6.07 Å². The number of hydrogen-bond donors (Lipinski definition) is 0. The summed E-state index contributed by atoms with van der Waals surface area (Å²) in [6.07, 6.45) is 3.93. The van der Waals surface area contributed by atoms with Crippen molar-refractivity contribution < 1.29 is 14.3 Å². The number of thiazole rings is 1. The number of methoxy groups -OCH3 is 2. The van der Waals surface area contributed by atoms with Crippen molar-refractivity contribution in [3.8, 4) is 11.5 Å². The second-order valence-electron chi connectivity index (χ2n) is 9.38. The third-order valence-electron chi connectivity index (χ3n) is 7.25. The van der Waals surface area contributed by atoms with Gasteiger partial charge in [-0.25, -0.2) is 4.99 Å². The monoisotopic (exact) mass is 544 g/mol. The average molecular weight is 545 g/mol. The maximum Gasteiger partial charge on any atom is 0.271 e. The summed E-state index contributed by atoms with van der Waals surface area (Å²) >= 11 is 1.32. The molecule has 39 heavy (non-hydrogen) atoms. The summed E-state index contributed by atoms with van der Waals surface area (Å²) in [6.45, 7) is 6.80. The smallest absolute Gasteiger partial charge is 0.271 e. The minimum atomic E-state index is -0.728. The summed E-state index contributed by atoms with van der Waals surface area (Å²) in [6, 6.07) is 12.8. The molecule has 0 bridgehead atoms. The molecule has 2 aromatic carbocycles. The van der Waals surface area contributed by atoms with Gasteiger partial charge >= 0.3 is 0 Å². The predicted molar refractivity (Wildman–Crippen MR) is 154 cm³/mol. The molecular weight excluding hydrogens is 512 g/mol. The maximum absolute atomic E-state index is 14.1. The van der Waals surface area contributed by atoms with Crippen LogP contribution in [0.2, 0.25) is 0 Å². The molecule has 8 nitrogen and oxygen atoms in total. The Labute approximate surface area is 230 Å². The van der Waals surface area contributed by atoms with Gasteiger partial charge in [0.15, 0.2) is 4.80 Å². The van der Waals surface area contributed by atoms with Gasteiger partial charge in [0, 0.05) is 48.4 Å². The van der Waals surface area contributed by atoms with Crippen LogP contribution in [0.5, 0.6) is 11.5 Å². The van der Waals surface area contributed by atoms with E-state index in [0.29, 0.717) is 50.8 Å². The molecular formula is C30H32N4O4S. The van der Waals surface area contributed by atoms with E-state index >= 15 is 0 Å². The number of carbonyl (C=O) groups excluding carboxylic acids is 1. The number of amides is 1. The molecule has 0 unspecified atom stereocenters. The first-order valence-electron chi connectivity index (χ1n) is 12.9. The number of ether oxygens (including phenoxy) is 2. The number of rotatable bonds is 7. The van der Waals surface area contributed by atoms with Gasteiger partial charge in [0.2, 0.25) is 0 Å². The fraction of sp³-hybridized carbons (Fsp3) is 0.300. The third-order valence-corrected chi connectivity index (χ3v) is 8.23. The van der Waals surface area contributed by atoms with E-state index in [-0.39, 0.29) is 11.5 Å². The number of aryl methyl sites for hydroxylation is 1. The Balaban J connectivity index is 1.80. The van der Waals surface area contributed by atoms with E-state index in [0.717, 1.165) is 16.5 Å². The standard InChI is InChI=1S/C30H32N4O4S/c1-7-33(8-2)29(36)26-18(3)31-30-34(27(26)22-16-20(37-5)13-14-24(22)38-6)28(35)25(39-30)15-19-17-32(4)23-12-10-9-11-21(19)23/h9-17,27H,7-8H2,1-6H3/b25-15+/t27-/m1/s1. The molecule has 2 aromatic heterocycles. The molecule has 1 aliphatic rings. The predicted octanol–water partition coefficient (Wildman–Crippen LogP) is 3.61. The zero-order valence-electron chi connectivity index (χ0n) is 23.0. The highest BCUT2D eigenvalue weighted by molar-refractivity contribution is 7.07. The SMILES string of the molecule is CCN(CC)C(=O)C1=C(C)N=c2s/c(=C/c3cn(C)c4ccccc34)c(=O)n2[C@@H]1c1cc(OC)ccc1OC.